The highest BCUT2D eigenvalue weighted by atomic mass is 35.5. The van der Waals surface area contributed by atoms with E-state index in [0.29, 0.717) is 0 Å². The van der Waals surface area contributed by atoms with Gasteiger partial charge in [0.2, 0.25) is 0 Å². The van der Waals surface area contributed by atoms with Gasteiger partial charge in [0.25, 0.3) is 0 Å². The summed E-state index contributed by atoms with van der Waals surface area (Å²) < 4.78 is 0. The summed E-state index contributed by atoms with van der Waals surface area (Å²) in [7, 11) is 0. The molecule has 1 aliphatic rings. The van der Waals surface area contributed by atoms with E-state index in [1.165, 1.54) is 12.8 Å². The van der Waals surface area contributed by atoms with Crippen molar-refractivity contribution < 1.29 is 0 Å². The minimum Gasteiger partial charge on any atom is -0.314 e. The molecule has 0 bridgehead atoms. The van der Waals surface area contributed by atoms with Gasteiger partial charge in [-0.3, -0.25) is 0 Å². The number of aryl methyl sites for hydroxylation is 2. The minimum atomic E-state index is 0.755. The zero-order chi connectivity index (χ0) is 13.9. The number of halogens is 1. The van der Waals surface area contributed by atoms with Crippen LogP contribution in [0.25, 0.3) is 10.6 Å². The fourth-order valence-corrected chi connectivity index (χ4v) is 3.32. The first-order valence-electron chi connectivity index (χ1n) is 7.04. The van der Waals surface area contributed by atoms with Crippen molar-refractivity contribution in [2.75, 3.05) is 6.54 Å². The van der Waals surface area contributed by atoms with Gasteiger partial charge in [0.15, 0.2) is 0 Å². The topological polar surface area (TPSA) is 37.8 Å². The van der Waals surface area contributed by atoms with E-state index in [-0.39, 0.29) is 0 Å². The van der Waals surface area contributed by atoms with Gasteiger partial charge in [-0.1, -0.05) is 22.9 Å². The van der Waals surface area contributed by atoms with Crippen LogP contribution in [0.4, 0.5) is 0 Å². The van der Waals surface area contributed by atoms with Crippen LogP contribution in [-0.4, -0.2) is 22.8 Å². The second-order valence-electron chi connectivity index (χ2n) is 5.35. The Morgan fingerprint density at radius 3 is 2.90 bits per heavy atom. The number of hydrogen-bond acceptors (Lipinski definition) is 4. The number of rotatable bonds is 6. The third-order valence-corrected chi connectivity index (χ3v) is 4.58. The van der Waals surface area contributed by atoms with Crippen LogP contribution >= 0.6 is 22.9 Å². The first kappa shape index (κ1) is 14.0. The van der Waals surface area contributed by atoms with Crippen LogP contribution in [0.15, 0.2) is 18.2 Å². The van der Waals surface area contributed by atoms with E-state index in [2.05, 4.69) is 21.6 Å². The van der Waals surface area contributed by atoms with Gasteiger partial charge >= 0.3 is 0 Å². The second-order valence-corrected chi connectivity index (χ2v) is 6.85. The molecule has 2 aromatic rings. The second kappa shape index (κ2) is 6.20. The van der Waals surface area contributed by atoms with Gasteiger partial charge in [-0.2, -0.15) is 0 Å². The van der Waals surface area contributed by atoms with Gasteiger partial charge in [0, 0.05) is 23.0 Å². The number of aromatic nitrogens is 2. The van der Waals surface area contributed by atoms with E-state index in [1.807, 2.05) is 19.1 Å². The van der Waals surface area contributed by atoms with Gasteiger partial charge in [-0.25, -0.2) is 0 Å². The molecule has 3 nitrogen and oxygen atoms in total. The van der Waals surface area contributed by atoms with Crippen molar-refractivity contribution >= 4 is 22.9 Å². The first-order chi connectivity index (χ1) is 9.70. The molecule has 1 heterocycles. The van der Waals surface area contributed by atoms with Crippen molar-refractivity contribution in [3.8, 4) is 10.6 Å². The molecule has 3 rings (SSSR count). The maximum atomic E-state index is 6.09. The van der Waals surface area contributed by atoms with Crippen molar-refractivity contribution in [3.63, 3.8) is 0 Å². The zero-order valence-corrected chi connectivity index (χ0v) is 13.1. The van der Waals surface area contributed by atoms with Crippen molar-refractivity contribution in [2.45, 2.75) is 38.6 Å². The first-order valence-corrected chi connectivity index (χ1v) is 8.23. The predicted molar refractivity (Wildman–Crippen MR) is 84.4 cm³/mol. The minimum absolute atomic E-state index is 0.755. The molecule has 106 valence electrons. The lowest BCUT2D eigenvalue weighted by atomic mass is 10.1. The molecule has 1 N–H and O–H groups in total. The van der Waals surface area contributed by atoms with Gasteiger partial charge in [0.05, 0.1) is 0 Å². The van der Waals surface area contributed by atoms with Crippen molar-refractivity contribution in [1.82, 2.24) is 15.5 Å². The van der Waals surface area contributed by atoms with Crippen LogP contribution in [0.3, 0.4) is 0 Å². The predicted octanol–water partition coefficient (Wildman–Crippen LogP) is 3.85. The van der Waals surface area contributed by atoms with Crippen LogP contribution < -0.4 is 5.32 Å². The molecule has 1 aliphatic carbocycles. The van der Waals surface area contributed by atoms with Gasteiger partial charge < -0.3 is 5.32 Å². The molecular formula is C15H18ClN3S. The Bertz CT molecular complexity index is 572. The van der Waals surface area contributed by atoms with Gasteiger partial charge in [-0.05, 0) is 56.5 Å². The molecule has 0 radical (unpaired) electrons. The van der Waals surface area contributed by atoms with Crippen LogP contribution in [0.5, 0.6) is 0 Å². The molecule has 1 saturated carbocycles. The van der Waals surface area contributed by atoms with Crippen molar-refractivity contribution in [2.24, 2.45) is 0 Å². The quantitative estimate of drug-likeness (QED) is 0.824. The molecule has 1 fully saturated rings. The summed E-state index contributed by atoms with van der Waals surface area (Å²) in [4.78, 5) is 0. The normalized spacial score (nSPS) is 14.7. The average molecular weight is 308 g/mol. The maximum Gasteiger partial charge on any atom is 0.147 e. The Morgan fingerprint density at radius 2 is 2.15 bits per heavy atom. The number of benzene rings is 1. The molecule has 20 heavy (non-hydrogen) atoms. The summed E-state index contributed by atoms with van der Waals surface area (Å²) in [6.07, 6.45) is 4.81. The fourth-order valence-electron chi connectivity index (χ4n) is 2.16. The third-order valence-electron chi connectivity index (χ3n) is 3.33. The lowest BCUT2D eigenvalue weighted by Crippen LogP contribution is -2.17. The van der Waals surface area contributed by atoms with Crippen LogP contribution in [0.1, 0.15) is 29.8 Å². The number of hydrogen-bond donors (Lipinski definition) is 1. The summed E-state index contributed by atoms with van der Waals surface area (Å²) in [6, 6.07) is 6.80. The summed E-state index contributed by atoms with van der Waals surface area (Å²) >= 11 is 7.76. The SMILES string of the molecule is Cc1cc(Cl)cc(-c2nnc(CCCNC3CC3)s2)c1. The summed E-state index contributed by atoms with van der Waals surface area (Å²) in [5, 5.41) is 14.9. The zero-order valence-electron chi connectivity index (χ0n) is 11.5. The highest BCUT2D eigenvalue weighted by Gasteiger charge is 2.19. The van der Waals surface area contributed by atoms with E-state index in [9.17, 15) is 0 Å². The third kappa shape index (κ3) is 3.78. The molecule has 0 aliphatic heterocycles. The number of nitrogens with zero attached hydrogens (tertiary/aromatic N) is 2. The van der Waals surface area contributed by atoms with Crippen molar-refractivity contribution in [1.29, 1.82) is 0 Å². The Labute approximate surface area is 128 Å². The Kier molecular flexibility index (Phi) is 4.34. The van der Waals surface area contributed by atoms with E-state index < -0.39 is 0 Å². The Hall–Kier alpha value is -0.970. The molecule has 0 atom stereocenters. The molecule has 1 aromatic carbocycles. The van der Waals surface area contributed by atoms with E-state index in [4.69, 9.17) is 11.6 Å². The molecule has 5 heteroatoms. The average Bonchev–Trinajstić information content (AvgIpc) is 3.10. The molecule has 0 saturated heterocycles. The molecular weight excluding hydrogens is 290 g/mol. The molecule has 1 aromatic heterocycles. The molecule has 0 amide bonds. The Morgan fingerprint density at radius 1 is 1.30 bits per heavy atom. The maximum absolute atomic E-state index is 6.09. The smallest absolute Gasteiger partial charge is 0.147 e. The molecule has 0 unspecified atom stereocenters. The van der Waals surface area contributed by atoms with E-state index in [0.717, 1.165) is 51.6 Å². The summed E-state index contributed by atoms with van der Waals surface area (Å²) in [5.41, 5.74) is 2.22. The van der Waals surface area contributed by atoms with Crippen LogP contribution in [0.2, 0.25) is 5.02 Å². The van der Waals surface area contributed by atoms with E-state index >= 15 is 0 Å². The summed E-state index contributed by atoms with van der Waals surface area (Å²) in [6.45, 7) is 3.12. The van der Waals surface area contributed by atoms with Crippen LogP contribution in [0, 0.1) is 6.92 Å². The lowest BCUT2D eigenvalue weighted by Gasteiger charge is -2.00. The van der Waals surface area contributed by atoms with Crippen LogP contribution in [-0.2, 0) is 6.42 Å². The highest BCUT2D eigenvalue weighted by Crippen LogP contribution is 2.27. The standard InChI is InChI=1S/C15H18ClN3S/c1-10-7-11(9-12(16)8-10)15-19-18-14(20-15)3-2-6-17-13-4-5-13/h7-9,13,17H,2-6H2,1H3. The summed E-state index contributed by atoms with van der Waals surface area (Å²) in [5.74, 6) is 0. The Balaban J connectivity index is 1.60. The van der Waals surface area contributed by atoms with Crippen molar-refractivity contribution in [3.05, 3.63) is 33.8 Å². The number of nitrogens with one attached hydrogen (secondary N) is 1. The monoisotopic (exact) mass is 307 g/mol. The largest absolute Gasteiger partial charge is 0.314 e. The highest BCUT2D eigenvalue weighted by molar-refractivity contribution is 7.14. The molecule has 0 spiro atoms. The fraction of sp³-hybridized carbons (Fsp3) is 0.467. The van der Waals surface area contributed by atoms with E-state index in [1.54, 1.807) is 11.3 Å². The lowest BCUT2D eigenvalue weighted by molar-refractivity contribution is 0.643. The van der Waals surface area contributed by atoms with Gasteiger partial charge in [0.1, 0.15) is 10.0 Å². The van der Waals surface area contributed by atoms with Gasteiger partial charge in [-0.15, -0.1) is 10.2 Å².